The number of hydrogen-bond acceptors (Lipinski definition) is 1. The van der Waals surface area contributed by atoms with Crippen molar-refractivity contribution in [3.8, 4) is 0 Å². The first-order valence-electron chi connectivity index (χ1n) is 5.54. The number of H-pyrrole nitrogens is 1. The molecule has 2 unspecified atom stereocenters. The molecule has 0 bridgehead atoms. The third kappa shape index (κ3) is 1.82. The Balaban J connectivity index is 2.03. The van der Waals surface area contributed by atoms with Crippen LogP contribution in [0.3, 0.4) is 0 Å². The number of halogens is 2. The number of carbonyl (C=O) groups excluding carboxylic acids is 1. The van der Waals surface area contributed by atoms with Gasteiger partial charge in [0.05, 0.1) is 3.92 Å². The van der Waals surface area contributed by atoms with Crippen LogP contribution < -0.4 is 5.32 Å². The normalized spacial score (nSPS) is 28.8. The van der Waals surface area contributed by atoms with Gasteiger partial charge in [-0.25, -0.2) is 4.39 Å². The minimum Gasteiger partial charge on any atom is -0.362 e. The van der Waals surface area contributed by atoms with Gasteiger partial charge < -0.3 is 10.3 Å². The van der Waals surface area contributed by atoms with E-state index in [0.717, 1.165) is 11.4 Å². The number of aromatic nitrogens is 1. The highest BCUT2D eigenvalue weighted by molar-refractivity contribution is 14.1. The molecule has 1 aliphatic carbocycles. The summed E-state index contributed by atoms with van der Waals surface area (Å²) in [7, 11) is 0. The molecule has 2 heterocycles. The summed E-state index contributed by atoms with van der Waals surface area (Å²) >= 11 is 2.04. The molecule has 1 aromatic rings. The number of alkyl halides is 1. The maximum absolute atomic E-state index is 13.6. The molecule has 3 nitrogen and oxygen atoms in total. The molecule has 5 heteroatoms. The molecule has 1 amide bonds. The first-order valence-corrected chi connectivity index (χ1v) is 6.79. The van der Waals surface area contributed by atoms with E-state index in [9.17, 15) is 9.18 Å². The molecule has 18 heavy (non-hydrogen) atoms. The van der Waals surface area contributed by atoms with Crippen LogP contribution in [0.5, 0.6) is 0 Å². The van der Waals surface area contributed by atoms with Gasteiger partial charge >= 0.3 is 0 Å². The fraction of sp³-hybridized carbons (Fsp3) is 0.154. The van der Waals surface area contributed by atoms with E-state index in [0.29, 0.717) is 5.57 Å². The Hall–Kier alpha value is -1.37. The van der Waals surface area contributed by atoms with Gasteiger partial charge in [-0.3, -0.25) is 4.79 Å². The summed E-state index contributed by atoms with van der Waals surface area (Å²) in [5.74, 6) is -0.560. The van der Waals surface area contributed by atoms with Crippen molar-refractivity contribution in [3.05, 3.63) is 53.3 Å². The summed E-state index contributed by atoms with van der Waals surface area (Å²) in [6.07, 6.45) is 6.63. The number of rotatable bonds is 1. The molecule has 2 aliphatic rings. The lowest BCUT2D eigenvalue weighted by Gasteiger charge is -2.20. The van der Waals surface area contributed by atoms with Gasteiger partial charge in [-0.2, -0.15) is 0 Å². The van der Waals surface area contributed by atoms with Crippen LogP contribution in [0.1, 0.15) is 5.69 Å². The number of hydrogen-bond donors (Lipinski definition) is 2. The zero-order valence-electron chi connectivity index (χ0n) is 9.28. The third-order valence-electron chi connectivity index (χ3n) is 3.10. The van der Waals surface area contributed by atoms with Gasteiger partial charge in [-0.15, -0.1) is 0 Å². The second-order valence-electron chi connectivity index (χ2n) is 4.23. The molecule has 0 radical (unpaired) electrons. The molecule has 3 rings (SSSR count). The predicted molar refractivity (Wildman–Crippen MR) is 75.5 cm³/mol. The van der Waals surface area contributed by atoms with Crippen molar-refractivity contribution < 1.29 is 9.18 Å². The maximum atomic E-state index is 13.6. The van der Waals surface area contributed by atoms with E-state index in [2.05, 4.69) is 10.3 Å². The molecule has 1 aromatic heterocycles. The Morgan fingerprint density at radius 1 is 1.39 bits per heavy atom. The number of fused-ring (bicyclic) bond motifs is 1. The van der Waals surface area contributed by atoms with Gasteiger partial charge in [-0.1, -0.05) is 22.6 Å². The van der Waals surface area contributed by atoms with Crippen LogP contribution in [0.25, 0.3) is 6.08 Å². The summed E-state index contributed by atoms with van der Waals surface area (Å²) in [6, 6.07) is 3.73. The van der Waals surface area contributed by atoms with Crippen LogP contribution in [0.15, 0.2) is 47.6 Å². The van der Waals surface area contributed by atoms with E-state index >= 15 is 0 Å². The van der Waals surface area contributed by atoms with E-state index in [4.69, 9.17) is 0 Å². The number of aromatic amines is 1. The van der Waals surface area contributed by atoms with E-state index in [1.165, 1.54) is 6.08 Å². The number of nitrogens with one attached hydrogen (secondary N) is 2. The maximum Gasteiger partial charge on any atom is 0.252 e. The fourth-order valence-electron chi connectivity index (χ4n) is 2.23. The lowest BCUT2D eigenvalue weighted by molar-refractivity contribution is -0.115. The van der Waals surface area contributed by atoms with Crippen LogP contribution in [0.2, 0.25) is 0 Å². The van der Waals surface area contributed by atoms with Crippen LogP contribution in [-0.2, 0) is 4.79 Å². The minimum atomic E-state index is -0.331. The number of amides is 1. The Morgan fingerprint density at radius 2 is 2.22 bits per heavy atom. The van der Waals surface area contributed by atoms with Gasteiger partial charge in [0.1, 0.15) is 5.83 Å². The van der Waals surface area contributed by atoms with E-state index in [1.54, 1.807) is 18.3 Å². The van der Waals surface area contributed by atoms with Gasteiger partial charge in [0, 0.05) is 29.1 Å². The topological polar surface area (TPSA) is 44.9 Å². The highest BCUT2D eigenvalue weighted by atomic mass is 127. The number of allylic oxidation sites excluding steroid dienone is 4. The fourth-order valence-corrected chi connectivity index (χ4v) is 3.21. The summed E-state index contributed by atoms with van der Waals surface area (Å²) in [4.78, 5) is 15.0. The van der Waals surface area contributed by atoms with Gasteiger partial charge in [-0.05, 0) is 30.4 Å². The lowest BCUT2D eigenvalue weighted by atomic mass is 9.91. The lowest BCUT2D eigenvalue weighted by Crippen LogP contribution is -2.20. The molecular weight excluding hydrogens is 346 g/mol. The quantitative estimate of drug-likeness (QED) is 0.454. The first-order chi connectivity index (χ1) is 8.66. The van der Waals surface area contributed by atoms with Gasteiger partial charge in [0.15, 0.2) is 0 Å². The Labute approximate surface area is 117 Å². The number of carbonyl (C=O) groups is 1. The SMILES string of the molecule is O=C1NC2=CC=C(F)C(I)C2C1=Cc1ccc[nH]1. The Morgan fingerprint density at radius 3 is 2.94 bits per heavy atom. The zero-order chi connectivity index (χ0) is 12.7. The highest BCUT2D eigenvalue weighted by Gasteiger charge is 2.40. The van der Waals surface area contributed by atoms with E-state index < -0.39 is 0 Å². The second kappa shape index (κ2) is 4.38. The van der Waals surface area contributed by atoms with Crippen molar-refractivity contribution >= 4 is 34.6 Å². The van der Waals surface area contributed by atoms with Crippen molar-refractivity contribution in [1.82, 2.24) is 10.3 Å². The molecule has 0 saturated carbocycles. The molecule has 1 fully saturated rings. The summed E-state index contributed by atoms with van der Waals surface area (Å²) < 4.78 is 13.3. The van der Waals surface area contributed by atoms with Crippen molar-refractivity contribution in [2.24, 2.45) is 5.92 Å². The molecule has 0 aromatic carbocycles. The predicted octanol–water partition coefficient (Wildman–Crippen LogP) is 2.70. The zero-order valence-corrected chi connectivity index (χ0v) is 11.4. The Bertz CT molecular complexity index is 586. The van der Waals surface area contributed by atoms with Crippen LogP contribution in [0.4, 0.5) is 4.39 Å². The van der Waals surface area contributed by atoms with Crippen LogP contribution >= 0.6 is 22.6 Å². The highest BCUT2D eigenvalue weighted by Crippen LogP contribution is 2.40. The van der Waals surface area contributed by atoms with Crippen LogP contribution in [-0.4, -0.2) is 14.8 Å². The largest absolute Gasteiger partial charge is 0.362 e. The van der Waals surface area contributed by atoms with Crippen molar-refractivity contribution in [2.45, 2.75) is 3.92 Å². The molecule has 0 spiro atoms. The standard InChI is InChI=1S/C13H10FIN2O/c14-9-3-4-10-11(12(9)15)8(13(18)17-10)6-7-2-1-5-16-7/h1-6,11-12,16H,(H,17,18). The molecule has 1 saturated heterocycles. The molecule has 1 aliphatic heterocycles. The summed E-state index contributed by atoms with van der Waals surface area (Å²) in [5, 5.41) is 2.79. The first kappa shape index (κ1) is 11.7. The monoisotopic (exact) mass is 356 g/mol. The molecular formula is C13H10FIN2O. The smallest absolute Gasteiger partial charge is 0.252 e. The second-order valence-corrected chi connectivity index (χ2v) is 5.57. The average molecular weight is 356 g/mol. The summed E-state index contributed by atoms with van der Waals surface area (Å²) in [5.41, 5.74) is 2.23. The van der Waals surface area contributed by atoms with Crippen molar-refractivity contribution in [1.29, 1.82) is 0 Å². The average Bonchev–Trinajstić information content (AvgIpc) is 2.94. The van der Waals surface area contributed by atoms with Crippen molar-refractivity contribution in [3.63, 3.8) is 0 Å². The van der Waals surface area contributed by atoms with E-state index in [-0.39, 0.29) is 21.6 Å². The Kier molecular flexibility index (Phi) is 2.85. The third-order valence-corrected chi connectivity index (χ3v) is 4.42. The summed E-state index contributed by atoms with van der Waals surface area (Å²) in [6.45, 7) is 0. The molecule has 2 atom stereocenters. The molecule has 92 valence electrons. The van der Waals surface area contributed by atoms with Gasteiger partial charge in [0.25, 0.3) is 5.91 Å². The van der Waals surface area contributed by atoms with E-state index in [1.807, 2.05) is 34.7 Å². The van der Waals surface area contributed by atoms with Crippen LogP contribution in [0, 0.1) is 5.92 Å². The molecule has 2 N–H and O–H groups in total. The minimum absolute atomic E-state index is 0.148. The van der Waals surface area contributed by atoms with Crippen molar-refractivity contribution in [2.75, 3.05) is 0 Å². The van der Waals surface area contributed by atoms with Gasteiger partial charge in [0.2, 0.25) is 0 Å².